The van der Waals surface area contributed by atoms with E-state index in [4.69, 9.17) is 17.2 Å². The number of phenols is 1. The third kappa shape index (κ3) is 19.1. The summed E-state index contributed by atoms with van der Waals surface area (Å²) in [5.41, 5.74) is 16.8. The molecule has 0 radical (unpaired) electrons. The van der Waals surface area contributed by atoms with Gasteiger partial charge in [-0.3, -0.25) is 43.3 Å². The van der Waals surface area contributed by atoms with Crippen molar-refractivity contribution in [3.8, 4) is 5.75 Å². The molecular weight excluding hydrogens is 813 g/mol. The highest BCUT2D eigenvalue weighted by Gasteiger charge is 2.34. The third-order valence-electron chi connectivity index (χ3n) is 8.77. The second-order valence-electron chi connectivity index (χ2n) is 14.7. The maximum atomic E-state index is 14.0. The quantitative estimate of drug-likeness (QED) is 0.0250. The van der Waals surface area contributed by atoms with Crippen LogP contribution in [-0.4, -0.2) is 112 Å². The van der Waals surface area contributed by atoms with Gasteiger partial charge in [0.25, 0.3) is 0 Å². The summed E-state index contributed by atoms with van der Waals surface area (Å²) in [6.45, 7) is 7.56. The number of phenolic OH excluding ortho intramolecular Hbond substituents is 1. The van der Waals surface area contributed by atoms with Crippen LogP contribution in [0, 0.1) is 5.92 Å². The van der Waals surface area contributed by atoms with E-state index in [9.17, 15) is 48.6 Å². The number of carbonyl (C=O) groups is 8. The van der Waals surface area contributed by atoms with Gasteiger partial charge in [-0.1, -0.05) is 44.2 Å². The largest absolute Gasteiger partial charge is 0.508 e. The summed E-state index contributed by atoms with van der Waals surface area (Å²) in [7, 11) is 0. The molecule has 0 bridgehead atoms. The molecule has 0 fully saturated rings. The second kappa shape index (κ2) is 25.4. The first-order valence-corrected chi connectivity index (χ1v) is 20.3. The second-order valence-corrected chi connectivity index (χ2v) is 15.8. The van der Waals surface area contributed by atoms with E-state index in [1.165, 1.54) is 32.9 Å². The number of amides is 7. The van der Waals surface area contributed by atoms with Crippen LogP contribution in [0.25, 0.3) is 0 Å². The number of hydrogen-bond acceptors (Lipinski definition) is 12. The van der Waals surface area contributed by atoms with Crippen LogP contribution in [0.1, 0.15) is 65.9 Å². The van der Waals surface area contributed by atoms with Crippen molar-refractivity contribution in [1.29, 1.82) is 0 Å². The maximum Gasteiger partial charge on any atom is 0.243 e. The van der Waals surface area contributed by atoms with Crippen molar-refractivity contribution < 1.29 is 48.6 Å². The number of nitrogens with zero attached hydrogens (tertiary/aromatic N) is 1. The van der Waals surface area contributed by atoms with Crippen LogP contribution in [0.2, 0.25) is 0 Å². The molecule has 7 atom stereocenters. The Hall–Kier alpha value is -6.22. The van der Waals surface area contributed by atoms with Crippen molar-refractivity contribution in [2.24, 2.45) is 28.1 Å². The lowest BCUT2D eigenvalue weighted by atomic mass is 10.0. The zero-order valence-corrected chi connectivity index (χ0v) is 35.6. The summed E-state index contributed by atoms with van der Waals surface area (Å²) < 4.78 is 0. The van der Waals surface area contributed by atoms with Crippen molar-refractivity contribution in [1.82, 2.24) is 31.9 Å². The minimum absolute atomic E-state index is 0.0145. The number of thioether (sulfide) groups is 1. The van der Waals surface area contributed by atoms with Gasteiger partial charge >= 0.3 is 0 Å². The minimum atomic E-state index is -1.63. The summed E-state index contributed by atoms with van der Waals surface area (Å²) >= 11 is 0.764. The number of aliphatic hydroxyl groups is 1. The lowest BCUT2D eigenvalue weighted by Gasteiger charge is -2.27. The fourth-order valence-corrected chi connectivity index (χ4v) is 6.64. The fourth-order valence-electron chi connectivity index (χ4n) is 5.73. The van der Waals surface area contributed by atoms with E-state index >= 15 is 0 Å². The molecule has 0 aliphatic carbocycles. The van der Waals surface area contributed by atoms with Gasteiger partial charge < -0.3 is 59.3 Å². The van der Waals surface area contributed by atoms with Crippen molar-refractivity contribution in [3.05, 3.63) is 60.2 Å². The summed E-state index contributed by atoms with van der Waals surface area (Å²) in [6.07, 6.45) is -1.82. The van der Waals surface area contributed by atoms with Gasteiger partial charge in [0.15, 0.2) is 5.96 Å². The molecule has 2 aromatic rings. The van der Waals surface area contributed by atoms with Crippen LogP contribution < -0.4 is 49.1 Å². The average Bonchev–Trinajstić information content (AvgIpc) is 3.17. The van der Waals surface area contributed by atoms with Crippen molar-refractivity contribution in [3.63, 3.8) is 0 Å². The third-order valence-corrected chi connectivity index (χ3v) is 9.74. The number of aliphatic hydroxyl groups excluding tert-OH is 1. The van der Waals surface area contributed by atoms with Crippen LogP contribution in [0.3, 0.4) is 0 Å². The van der Waals surface area contributed by atoms with E-state index in [2.05, 4.69) is 36.9 Å². The molecule has 0 spiro atoms. The molecule has 20 nitrogen and oxygen atoms in total. The Labute approximate surface area is 358 Å². The average molecular weight is 871 g/mol. The first-order chi connectivity index (χ1) is 28.7. The zero-order valence-electron chi connectivity index (χ0n) is 34.8. The first kappa shape index (κ1) is 50.9. The maximum absolute atomic E-state index is 14.0. The molecule has 0 unspecified atom stereocenters. The number of primary amides is 1. The van der Waals surface area contributed by atoms with Crippen LogP contribution in [0.5, 0.6) is 5.75 Å². The monoisotopic (exact) mass is 870 g/mol. The van der Waals surface area contributed by atoms with Crippen LogP contribution in [0.15, 0.2) is 64.5 Å². The Morgan fingerprint density at radius 2 is 1.25 bits per heavy atom. The van der Waals surface area contributed by atoms with E-state index in [1.807, 2.05) is 13.8 Å². The van der Waals surface area contributed by atoms with E-state index in [1.54, 1.807) is 42.5 Å². The molecule has 334 valence electrons. The molecule has 0 aromatic heterocycles. The van der Waals surface area contributed by atoms with Gasteiger partial charge in [-0.2, -0.15) is 0 Å². The van der Waals surface area contributed by atoms with Gasteiger partial charge in [-0.25, -0.2) is 0 Å². The first-order valence-electron chi connectivity index (χ1n) is 19.5. The Bertz CT molecular complexity index is 1860. The highest BCUT2D eigenvalue weighted by molar-refractivity contribution is 8.13. The number of hydrogen-bond donors (Lipinski definition) is 11. The Balaban J connectivity index is 2.32. The van der Waals surface area contributed by atoms with Gasteiger partial charge in [0.2, 0.25) is 46.5 Å². The number of benzene rings is 2. The standard InChI is InChI=1S/C40H58N10O10S/c1-21(2)18-29(46-24(5)52)36(57)49-30(19-25-13-15-26(53)16-14-25)37(58)47-28(12-9-17-44-40(42)43)35(56)45-22(3)34(55)48-31(20-32(41)54)38(59)50-33(23(4)51)39(60)61-27-10-7-6-8-11-27/h6-8,10-11,13-16,21-23,28-31,33,51,53H,9,12,17-20H2,1-5H3,(H2,41,54)(H,45,56)(H,46,52)(H,47,58)(H,48,55)(H,49,57)(H,50,59)(H4,42,43,44)/t22-,23+,28-,29-,30-,31-,33-/m0/s1. The molecule has 21 heteroatoms. The van der Waals surface area contributed by atoms with E-state index in [0.29, 0.717) is 10.5 Å². The van der Waals surface area contributed by atoms with Gasteiger partial charge in [0, 0.05) is 24.8 Å². The topological polar surface area (TPSA) is 340 Å². The van der Waals surface area contributed by atoms with E-state index in [0.717, 1.165) is 11.8 Å². The molecule has 0 saturated heterocycles. The minimum Gasteiger partial charge on any atom is -0.508 e. The number of carbonyl (C=O) groups excluding carboxylic acids is 8. The fraction of sp³-hybridized carbons (Fsp3) is 0.475. The van der Waals surface area contributed by atoms with Gasteiger partial charge in [0.05, 0.1) is 12.5 Å². The molecule has 0 heterocycles. The summed E-state index contributed by atoms with van der Waals surface area (Å²) in [6, 6.07) is 6.22. The van der Waals surface area contributed by atoms with Crippen molar-refractivity contribution >= 4 is 64.2 Å². The highest BCUT2D eigenvalue weighted by atomic mass is 32.2. The Kier molecular flexibility index (Phi) is 21.2. The highest BCUT2D eigenvalue weighted by Crippen LogP contribution is 2.21. The van der Waals surface area contributed by atoms with Crippen molar-refractivity contribution in [2.45, 2.75) is 114 Å². The lowest BCUT2D eigenvalue weighted by Crippen LogP contribution is -2.60. The number of nitrogens with two attached hydrogens (primary N) is 3. The molecule has 7 amide bonds. The number of rotatable bonds is 24. The predicted octanol–water partition coefficient (Wildman–Crippen LogP) is -1.44. The molecule has 2 aromatic carbocycles. The number of guanidine groups is 1. The summed E-state index contributed by atoms with van der Waals surface area (Å²) in [5.74, 6) is -6.01. The molecule has 61 heavy (non-hydrogen) atoms. The number of aliphatic imine (C=N–C) groups is 1. The molecule has 2 rings (SSSR count). The molecule has 0 aliphatic heterocycles. The molecule has 14 N–H and O–H groups in total. The zero-order chi connectivity index (χ0) is 45.8. The normalized spacial score (nSPS) is 14.3. The molecular formula is C40H58N10O10S. The van der Waals surface area contributed by atoms with Crippen molar-refractivity contribution in [2.75, 3.05) is 6.54 Å². The number of nitrogens with one attached hydrogen (secondary N) is 6. The molecule has 0 saturated carbocycles. The number of aromatic hydroxyl groups is 1. The van der Waals surface area contributed by atoms with Crippen LogP contribution in [-0.2, 0) is 44.8 Å². The Morgan fingerprint density at radius 3 is 1.80 bits per heavy atom. The van der Waals surface area contributed by atoms with Crippen LogP contribution in [0.4, 0.5) is 0 Å². The predicted molar refractivity (Wildman–Crippen MR) is 227 cm³/mol. The van der Waals surface area contributed by atoms with E-state index < -0.39 is 95.2 Å². The SMILES string of the molecule is CC(=O)N[C@@H](CC(C)C)C(=O)N[C@@H](Cc1ccc(O)cc1)C(=O)N[C@@H](CCCN=C(N)N)C(=O)N[C@@H](C)C(=O)N[C@@H](CC(N)=O)C(=O)N[C@H](C(=O)Sc1ccccc1)[C@@H](C)O. The van der Waals surface area contributed by atoms with E-state index in [-0.39, 0.29) is 49.9 Å². The summed E-state index contributed by atoms with van der Waals surface area (Å²) in [5, 5.41) is 34.6. The lowest BCUT2D eigenvalue weighted by molar-refractivity contribution is -0.135. The summed E-state index contributed by atoms with van der Waals surface area (Å²) in [4.78, 5) is 109. The Morgan fingerprint density at radius 1 is 0.689 bits per heavy atom. The van der Waals surface area contributed by atoms with Gasteiger partial charge in [-0.15, -0.1) is 0 Å². The molecule has 0 aliphatic rings. The van der Waals surface area contributed by atoms with Gasteiger partial charge in [0.1, 0.15) is 42.0 Å². The van der Waals surface area contributed by atoms with Crippen LogP contribution >= 0.6 is 11.8 Å². The smallest absolute Gasteiger partial charge is 0.243 e. The van der Waals surface area contributed by atoms with Gasteiger partial charge in [-0.05, 0) is 80.6 Å².